The summed E-state index contributed by atoms with van der Waals surface area (Å²) in [6.45, 7) is 5.33. The zero-order valence-corrected chi connectivity index (χ0v) is 29.8. The van der Waals surface area contributed by atoms with Crippen LogP contribution < -0.4 is 13.9 Å². The van der Waals surface area contributed by atoms with E-state index in [-0.39, 0.29) is 35.1 Å². The fraction of sp³-hybridized carbons (Fsp3) is 0.359. The molecule has 1 saturated heterocycles. The second kappa shape index (κ2) is 14.3. The van der Waals surface area contributed by atoms with Crippen molar-refractivity contribution in [1.82, 2.24) is 0 Å². The second-order valence-electron chi connectivity index (χ2n) is 13.2. The summed E-state index contributed by atoms with van der Waals surface area (Å²) in [6, 6.07) is 23.1. The summed E-state index contributed by atoms with van der Waals surface area (Å²) in [5, 5.41) is 24.2. The zero-order chi connectivity index (χ0) is 35.5. The molecule has 258 valence electrons. The summed E-state index contributed by atoms with van der Waals surface area (Å²) in [5.74, 6) is 13.5. The molecule has 50 heavy (non-hydrogen) atoms. The van der Waals surface area contributed by atoms with E-state index in [0.29, 0.717) is 21.5 Å². The normalized spacial score (nSPS) is 25.3. The molecule has 6 atom stereocenters. The Hall–Kier alpha value is -4.61. The molecule has 1 fully saturated rings. The van der Waals surface area contributed by atoms with Gasteiger partial charge in [-0.05, 0) is 0 Å². The molecular formula is C39H37NO9Se. The van der Waals surface area contributed by atoms with Gasteiger partial charge in [0.1, 0.15) is 5.75 Å². The molecule has 1 N–H and O–H groups in total. The van der Waals surface area contributed by atoms with Crippen LogP contribution in [0.15, 0.2) is 90.5 Å². The van der Waals surface area contributed by atoms with Crippen LogP contribution in [-0.2, 0) is 25.6 Å². The van der Waals surface area contributed by atoms with Gasteiger partial charge in [-0.1, -0.05) is 0 Å². The van der Waals surface area contributed by atoms with E-state index in [1.165, 1.54) is 6.07 Å². The molecule has 3 aromatic rings. The summed E-state index contributed by atoms with van der Waals surface area (Å²) in [4.78, 5) is 24.0. The van der Waals surface area contributed by atoms with Gasteiger partial charge in [-0.3, -0.25) is 0 Å². The number of epoxide rings is 1. The average Bonchev–Trinajstić information content (AvgIpc) is 3.70. The Morgan fingerprint density at radius 2 is 1.78 bits per heavy atom. The number of rotatable bonds is 12. The summed E-state index contributed by atoms with van der Waals surface area (Å²) in [5.41, 5.74) is -2.36. The summed E-state index contributed by atoms with van der Waals surface area (Å²) < 4.78 is 30.6. The Bertz CT molecular complexity index is 1900. The molecule has 0 amide bonds. The van der Waals surface area contributed by atoms with Gasteiger partial charge >= 0.3 is 281 Å². The fourth-order valence-electron chi connectivity index (χ4n) is 5.65. The number of methoxy groups -OCH3 is 1. The predicted octanol–water partition coefficient (Wildman–Crippen LogP) is 4.56. The van der Waals surface area contributed by atoms with Crippen LogP contribution in [0.1, 0.15) is 32.8 Å². The van der Waals surface area contributed by atoms with Gasteiger partial charge in [0.15, 0.2) is 0 Å². The van der Waals surface area contributed by atoms with Crippen molar-refractivity contribution in [2.24, 2.45) is 5.41 Å². The van der Waals surface area contributed by atoms with Gasteiger partial charge in [0.05, 0.1) is 7.11 Å². The molecule has 2 aliphatic carbocycles. The molecule has 0 spiro atoms. The molecule has 0 bridgehead atoms. The molecule has 11 heteroatoms. The number of benzene rings is 3. The van der Waals surface area contributed by atoms with Crippen LogP contribution in [0.3, 0.4) is 0 Å². The van der Waals surface area contributed by atoms with Crippen molar-refractivity contribution in [3.8, 4) is 35.2 Å². The van der Waals surface area contributed by atoms with Crippen LogP contribution in [0.4, 0.5) is 5.69 Å². The fourth-order valence-corrected chi connectivity index (χ4v) is 8.35. The molecule has 6 rings (SSSR count). The first-order chi connectivity index (χ1) is 23.9. The number of aliphatic hydroxyl groups is 1. The molecule has 3 aromatic carbocycles. The summed E-state index contributed by atoms with van der Waals surface area (Å²) in [7, 11) is 1.59. The van der Waals surface area contributed by atoms with Gasteiger partial charge in [-0.2, -0.15) is 0 Å². The maximum atomic E-state index is 12.9. The van der Waals surface area contributed by atoms with E-state index >= 15 is 0 Å². The van der Waals surface area contributed by atoms with E-state index in [1.807, 2.05) is 48.5 Å². The molecule has 0 aromatic heterocycles. The number of nitrogens with zero attached hydrogens (tertiary/aromatic N) is 1. The average molecular weight is 743 g/mol. The third-order valence-corrected chi connectivity index (χ3v) is 11.1. The third kappa shape index (κ3) is 7.58. The Morgan fingerprint density at radius 1 is 1.06 bits per heavy atom. The molecule has 0 radical (unpaired) electrons. The Labute approximate surface area is 297 Å². The Kier molecular flexibility index (Phi) is 10.1. The van der Waals surface area contributed by atoms with Crippen molar-refractivity contribution >= 4 is 31.1 Å². The van der Waals surface area contributed by atoms with Gasteiger partial charge < -0.3 is 4.74 Å². The van der Waals surface area contributed by atoms with E-state index in [9.17, 15) is 20.0 Å². The van der Waals surface area contributed by atoms with E-state index in [4.69, 9.17) is 23.7 Å². The van der Waals surface area contributed by atoms with E-state index < -0.39 is 55.9 Å². The van der Waals surface area contributed by atoms with Crippen LogP contribution in [-0.4, -0.2) is 74.2 Å². The van der Waals surface area contributed by atoms with Gasteiger partial charge in [0.2, 0.25) is 0 Å². The number of allylic oxidation sites excluding steroid dienone is 1. The van der Waals surface area contributed by atoms with Crippen LogP contribution in [0.5, 0.6) is 11.5 Å². The van der Waals surface area contributed by atoms with Gasteiger partial charge in [-0.15, -0.1) is 0 Å². The molecular weight excluding hydrogens is 705 g/mol. The number of esters is 1. The first kappa shape index (κ1) is 35.2. The molecule has 3 aliphatic rings. The van der Waals surface area contributed by atoms with E-state index in [1.54, 1.807) is 58.2 Å². The number of nitro benzene ring substituents is 1. The van der Waals surface area contributed by atoms with Crippen LogP contribution in [0.2, 0.25) is 4.82 Å². The summed E-state index contributed by atoms with van der Waals surface area (Å²) >= 11 is -0.419. The van der Waals surface area contributed by atoms with Crippen LogP contribution >= 0.6 is 0 Å². The number of fused-ring (bicyclic) bond motifs is 2. The van der Waals surface area contributed by atoms with Crippen molar-refractivity contribution in [1.29, 1.82) is 0 Å². The molecule has 0 saturated carbocycles. The van der Waals surface area contributed by atoms with E-state index in [0.717, 1.165) is 5.56 Å². The van der Waals surface area contributed by atoms with Crippen molar-refractivity contribution in [3.05, 3.63) is 106 Å². The standard InChI is InChI=1S/C39H37NO9Se/c1-37(2,3)36(41)47-25-35(46-24-26-14-16-28(45-4)17-15-26)39-21-20-27-22-30(50-32-13-9-8-12-31(32)40(43)44)23-38(27,42)33(18-19-34(39)49-39)48-29-10-6-5-7-11-29/h5-17,22,30,33-35,42H,23-25H2,1-4H3/t30?,33-,34-,35+,38-,39+/m1/s1. The van der Waals surface area contributed by atoms with Gasteiger partial charge in [-0.25, -0.2) is 0 Å². The number of hydrogen-bond acceptors (Lipinski definition) is 9. The number of nitro groups is 1. The van der Waals surface area contributed by atoms with Crippen molar-refractivity contribution < 1.29 is 38.5 Å². The topological polar surface area (TPSA) is 130 Å². The number of hydrogen-bond donors (Lipinski definition) is 1. The van der Waals surface area contributed by atoms with Gasteiger partial charge in [0, 0.05) is 0 Å². The molecule has 1 unspecified atom stereocenters. The number of carbonyl (C=O) groups excluding carboxylic acids is 1. The van der Waals surface area contributed by atoms with Gasteiger partial charge in [0.25, 0.3) is 0 Å². The monoisotopic (exact) mass is 743 g/mol. The molecule has 1 aliphatic heterocycles. The first-order valence-electron chi connectivity index (χ1n) is 16.1. The summed E-state index contributed by atoms with van der Waals surface area (Å²) in [6.07, 6.45) is -0.517. The Morgan fingerprint density at radius 3 is 2.48 bits per heavy atom. The SMILES string of the molecule is COc1ccc(CO[C@@H](COC(=O)C(C)(C)C)[C@]23C#CC4=CC([Se]c5ccccc5[N+](=O)[O-])C[C@]4(O)[C@H](Oc4ccccc4)C#C[C@H]2O3)cc1. The second-order valence-corrected chi connectivity index (χ2v) is 15.9. The zero-order valence-electron chi connectivity index (χ0n) is 28.1. The number of carbonyl (C=O) groups is 1. The van der Waals surface area contributed by atoms with E-state index in [2.05, 4.69) is 23.7 Å². The Balaban J connectivity index is 1.36. The van der Waals surface area contributed by atoms with Crippen molar-refractivity contribution in [2.45, 2.75) is 68.1 Å². The molecule has 1 heterocycles. The minimum absolute atomic E-state index is 0.0387. The maximum absolute atomic E-state index is 12.9. The number of ether oxygens (including phenoxy) is 5. The quantitative estimate of drug-likeness (QED) is 0.0709. The van der Waals surface area contributed by atoms with Crippen LogP contribution in [0.25, 0.3) is 0 Å². The van der Waals surface area contributed by atoms with Crippen LogP contribution in [0, 0.1) is 39.2 Å². The van der Waals surface area contributed by atoms with Crippen molar-refractivity contribution in [2.75, 3.05) is 13.7 Å². The third-order valence-electron chi connectivity index (χ3n) is 8.55. The van der Waals surface area contributed by atoms with Crippen molar-refractivity contribution in [3.63, 3.8) is 0 Å². The minimum atomic E-state index is -1.62. The first-order valence-corrected chi connectivity index (χ1v) is 18.0. The molecule has 10 nitrogen and oxygen atoms in total. The number of para-hydroxylation sites is 2. The predicted molar refractivity (Wildman–Crippen MR) is 186 cm³/mol.